The van der Waals surface area contributed by atoms with Gasteiger partial charge in [-0.1, -0.05) is 11.6 Å². The van der Waals surface area contributed by atoms with E-state index in [0.717, 1.165) is 11.4 Å². The van der Waals surface area contributed by atoms with Gasteiger partial charge < -0.3 is 14.4 Å². The van der Waals surface area contributed by atoms with E-state index in [1.165, 1.54) is 23.5 Å². The molecule has 1 saturated heterocycles. The number of amides is 1. The number of benzene rings is 2. The molecule has 1 heterocycles. The molecule has 3 rings (SSSR count). The first kappa shape index (κ1) is 22.4. The maximum atomic E-state index is 13.1. The number of ether oxygens (including phenoxy) is 2. The molecule has 9 heteroatoms. The number of hydrogen-bond acceptors (Lipinski definition) is 5. The molecule has 1 fully saturated rings. The fraction of sp³-hybridized carbons (Fsp3) is 0.381. The molecule has 1 amide bonds. The second-order valence-corrected chi connectivity index (χ2v) is 9.41. The highest BCUT2D eigenvalue weighted by Crippen LogP contribution is 2.32. The maximum absolute atomic E-state index is 13.1. The molecule has 2 aromatic carbocycles. The minimum atomic E-state index is -3.77. The van der Waals surface area contributed by atoms with Gasteiger partial charge in [-0.15, -0.1) is 0 Å². The summed E-state index contributed by atoms with van der Waals surface area (Å²) in [7, 11) is 0.962. The van der Waals surface area contributed by atoms with E-state index < -0.39 is 10.0 Å². The van der Waals surface area contributed by atoms with Crippen LogP contribution >= 0.6 is 11.6 Å². The minimum Gasteiger partial charge on any atom is -0.497 e. The molecule has 0 bridgehead atoms. The van der Waals surface area contributed by atoms with Crippen molar-refractivity contribution in [3.8, 4) is 11.5 Å². The molecule has 2 aromatic rings. The Balaban J connectivity index is 1.69. The first-order valence-electron chi connectivity index (χ1n) is 9.53. The lowest BCUT2D eigenvalue weighted by atomic mass is 9.96. The van der Waals surface area contributed by atoms with Gasteiger partial charge in [-0.25, -0.2) is 8.42 Å². The molecule has 30 heavy (non-hydrogen) atoms. The maximum Gasteiger partial charge on any atom is 0.246 e. The van der Waals surface area contributed by atoms with Crippen molar-refractivity contribution in [3.63, 3.8) is 0 Å². The van der Waals surface area contributed by atoms with Gasteiger partial charge in [0.05, 0.1) is 14.2 Å². The van der Waals surface area contributed by atoms with E-state index in [1.54, 1.807) is 37.3 Å². The van der Waals surface area contributed by atoms with Crippen molar-refractivity contribution >= 4 is 33.2 Å². The van der Waals surface area contributed by atoms with E-state index in [4.69, 9.17) is 21.1 Å². The van der Waals surface area contributed by atoms with Gasteiger partial charge in [0.2, 0.25) is 15.9 Å². The van der Waals surface area contributed by atoms with Crippen molar-refractivity contribution in [2.75, 3.05) is 39.3 Å². The topological polar surface area (TPSA) is 76.2 Å². The Hall–Kier alpha value is -2.29. The SMILES string of the molecule is COc1ccc(N(C)C(=O)C2CCN(S(=O)(=O)c3cc(Cl)ccc3OC)CC2)cc1. The lowest BCUT2D eigenvalue weighted by Crippen LogP contribution is -2.43. The molecule has 0 saturated carbocycles. The lowest BCUT2D eigenvalue weighted by molar-refractivity contribution is -0.123. The van der Waals surface area contributed by atoms with Crippen LogP contribution in [0.15, 0.2) is 47.4 Å². The Labute approximate surface area is 182 Å². The summed E-state index contributed by atoms with van der Waals surface area (Å²) in [5, 5.41) is 0.320. The fourth-order valence-electron chi connectivity index (χ4n) is 3.54. The van der Waals surface area contributed by atoms with Crippen molar-refractivity contribution in [2.45, 2.75) is 17.7 Å². The molecule has 0 atom stereocenters. The average Bonchev–Trinajstić information content (AvgIpc) is 2.78. The van der Waals surface area contributed by atoms with Crippen LogP contribution in [0.5, 0.6) is 11.5 Å². The highest BCUT2D eigenvalue weighted by Gasteiger charge is 2.34. The number of hydrogen-bond donors (Lipinski definition) is 0. The average molecular weight is 453 g/mol. The van der Waals surface area contributed by atoms with Crippen LogP contribution in [0.1, 0.15) is 12.8 Å². The number of carbonyl (C=O) groups is 1. The van der Waals surface area contributed by atoms with Crippen LogP contribution in [0.3, 0.4) is 0 Å². The number of halogens is 1. The van der Waals surface area contributed by atoms with Gasteiger partial charge in [0.15, 0.2) is 0 Å². The third-order valence-electron chi connectivity index (χ3n) is 5.34. The van der Waals surface area contributed by atoms with Gasteiger partial charge >= 0.3 is 0 Å². The van der Waals surface area contributed by atoms with Gasteiger partial charge in [-0.3, -0.25) is 4.79 Å². The van der Waals surface area contributed by atoms with Crippen molar-refractivity contribution in [3.05, 3.63) is 47.5 Å². The number of sulfonamides is 1. The fourth-order valence-corrected chi connectivity index (χ4v) is 5.43. The third kappa shape index (κ3) is 4.55. The van der Waals surface area contributed by atoms with Crippen LogP contribution in [0, 0.1) is 5.92 Å². The second-order valence-electron chi connectivity index (χ2n) is 7.07. The third-order valence-corrected chi connectivity index (χ3v) is 7.49. The Morgan fingerprint density at radius 1 is 1.07 bits per heavy atom. The van der Waals surface area contributed by atoms with Gasteiger partial charge in [0.25, 0.3) is 0 Å². The number of piperidine rings is 1. The van der Waals surface area contributed by atoms with E-state index >= 15 is 0 Å². The van der Waals surface area contributed by atoms with Crippen molar-refractivity contribution in [1.82, 2.24) is 4.31 Å². The monoisotopic (exact) mass is 452 g/mol. The highest BCUT2D eigenvalue weighted by atomic mass is 35.5. The minimum absolute atomic E-state index is 0.0300. The normalized spacial score (nSPS) is 15.6. The number of nitrogens with zero attached hydrogens (tertiary/aromatic N) is 2. The quantitative estimate of drug-likeness (QED) is 0.671. The highest BCUT2D eigenvalue weighted by molar-refractivity contribution is 7.89. The molecule has 0 N–H and O–H groups in total. The van der Waals surface area contributed by atoms with E-state index in [1.807, 2.05) is 12.1 Å². The molecular weight excluding hydrogens is 428 g/mol. The second kappa shape index (κ2) is 9.24. The summed E-state index contributed by atoms with van der Waals surface area (Å²) in [5.74, 6) is 0.689. The predicted molar refractivity (Wildman–Crippen MR) is 116 cm³/mol. The van der Waals surface area contributed by atoms with Gasteiger partial charge in [0.1, 0.15) is 16.4 Å². The summed E-state index contributed by atoms with van der Waals surface area (Å²) >= 11 is 6.00. The molecular formula is C21H25ClN2O5S. The summed E-state index contributed by atoms with van der Waals surface area (Å²) in [5.41, 5.74) is 0.763. The summed E-state index contributed by atoms with van der Waals surface area (Å²) < 4.78 is 37.9. The standard InChI is InChI=1S/C21H25ClN2O5S/c1-23(17-5-7-18(28-2)8-6-17)21(25)15-10-12-24(13-11-15)30(26,27)20-14-16(22)4-9-19(20)29-3/h4-9,14-15H,10-13H2,1-3H3. The van der Waals surface area contributed by atoms with Crippen molar-refractivity contribution < 1.29 is 22.7 Å². The molecule has 0 radical (unpaired) electrons. The van der Waals surface area contributed by atoms with Crippen molar-refractivity contribution in [2.24, 2.45) is 5.92 Å². The van der Waals surface area contributed by atoms with Gasteiger partial charge in [0, 0.05) is 36.8 Å². The number of rotatable bonds is 6. The van der Waals surface area contributed by atoms with E-state index in [0.29, 0.717) is 17.9 Å². The molecule has 162 valence electrons. The largest absolute Gasteiger partial charge is 0.497 e. The Kier molecular flexibility index (Phi) is 6.90. The van der Waals surface area contributed by atoms with Crippen LogP contribution in [-0.4, -0.2) is 53.0 Å². The number of carbonyl (C=O) groups excluding carboxylic acids is 1. The van der Waals surface area contributed by atoms with E-state index in [9.17, 15) is 13.2 Å². The Bertz CT molecular complexity index is 1000. The molecule has 1 aliphatic heterocycles. The zero-order valence-corrected chi connectivity index (χ0v) is 18.7. The zero-order chi connectivity index (χ0) is 21.9. The zero-order valence-electron chi connectivity index (χ0n) is 17.2. The summed E-state index contributed by atoms with van der Waals surface area (Å²) in [6.45, 7) is 0.510. The Morgan fingerprint density at radius 3 is 2.27 bits per heavy atom. The predicted octanol–water partition coefficient (Wildman–Crippen LogP) is 3.42. The van der Waals surface area contributed by atoms with Gasteiger partial charge in [-0.2, -0.15) is 4.31 Å². The van der Waals surface area contributed by atoms with Crippen LogP contribution < -0.4 is 14.4 Å². The van der Waals surface area contributed by atoms with E-state index in [2.05, 4.69) is 0 Å². The molecule has 0 spiro atoms. The number of methoxy groups -OCH3 is 2. The van der Waals surface area contributed by atoms with Crippen molar-refractivity contribution in [1.29, 1.82) is 0 Å². The van der Waals surface area contributed by atoms with Crippen LogP contribution in [0.2, 0.25) is 5.02 Å². The summed E-state index contributed by atoms with van der Waals surface area (Å²) in [6, 6.07) is 11.8. The van der Waals surface area contributed by atoms with Crippen LogP contribution in [-0.2, 0) is 14.8 Å². The molecule has 0 unspecified atom stereocenters. The molecule has 0 aliphatic carbocycles. The summed E-state index contributed by atoms with van der Waals surface area (Å²) in [6.07, 6.45) is 0.892. The lowest BCUT2D eigenvalue weighted by Gasteiger charge is -2.32. The first-order chi connectivity index (χ1) is 14.3. The molecule has 1 aliphatic rings. The van der Waals surface area contributed by atoms with Gasteiger partial charge in [-0.05, 0) is 55.3 Å². The van der Waals surface area contributed by atoms with Crippen LogP contribution in [0.4, 0.5) is 5.69 Å². The van der Waals surface area contributed by atoms with E-state index in [-0.39, 0.29) is 35.6 Å². The number of anilines is 1. The smallest absolute Gasteiger partial charge is 0.246 e. The van der Waals surface area contributed by atoms with Crippen LogP contribution in [0.25, 0.3) is 0 Å². The molecule has 0 aromatic heterocycles. The Morgan fingerprint density at radius 2 is 1.70 bits per heavy atom. The molecule has 7 nitrogen and oxygen atoms in total. The summed E-state index contributed by atoms with van der Waals surface area (Å²) in [4.78, 5) is 14.6. The first-order valence-corrected chi connectivity index (χ1v) is 11.3.